The van der Waals surface area contributed by atoms with Crippen LogP contribution in [-0.2, 0) is 41.1 Å². The first-order chi connectivity index (χ1) is 17.9. The second-order valence-corrected chi connectivity index (χ2v) is 15.7. The maximum absolute atomic E-state index is 3.67. The van der Waals surface area contributed by atoms with Crippen molar-refractivity contribution in [3.05, 3.63) is 111 Å². The molecule has 5 rings (SSSR count). The van der Waals surface area contributed by atoms with Crippen LogP contribution in [0.15, 0.2) is 72.8 Å². The third-order valence-corrected chi connectivity index (χ3v) is 10.4. The van der Waals surface area contributed by atoms with E-state index < -0.39 is 0 Å². The molecule has 1 heterocycles. The summed E-state index contributed by atoms with van der Waals surface area (Å²) < 4.78 is 1.69. The molecule has 198 valence electrons. The van der Waals surface area contributed by atoms with Crippen LogP contribution in [0.3, 0.4) is 0 Å². The van der Waals surface area contributed by atoms with E-state index in [-0.39, 0.29) is 10.8 Å². The largest absolute Gasteiger partial charge is 0.214 e. The van der Waals surface area contributed by atoms with E-state index in [1.54, 1.807) is 3.26 Å². The Morgan fingerprint density at radius 1 is 0.921 bits per heavy atom. The number of hydrogen-bond acceptors (Lipinski definition) is 1. The number of rotatable bonds is 4. The molecule has 0 fully saturated rings. The third-order valence-electron chi connectivity index (χ3n) is 6.84. The molecular formula is C36H44HfS. The zero-order chi connectivity index (χ0) is 27.9. The van der Waals surface area contributed by atoms with Crippen molar-refractivity contribution >= 4 is 14.6 Å². The summed E-state index contributed by atoms with van der Waals surface area (Å²) in [6.45, 7) is 18.0. The van der Waals surface area contributed by atoms with Gasteiger partial charge in [-0.05, 0) is 28.4 Å². The maximum atomic E-state index is 3.67. The van der Waals surface area contributed by atoms with Crippen LogP contribution in [-0.4, -0.2) is 3.26 Å². The second kappa shape index (κ2) is 13.5. The average Bonchev–Trinajstić information content (AvgIpc) is 3.62. The van der Waals surface area contributed by atoms with Gasteiger partial charge in [-0.25, -0.2) is 12.1 Å². The van der Waals surface area contributed by atoms with E-state index in [0.717, 1.165) is 6.42 Å². The number of benzene rings is 2. The molecule has 1 aromatic heterocycles. The van der Waals surface area contributed by atoms with Gasteiger partial charge in [0.25, 0.3) is 0 Å². The van der Waals surface area contributed by atoms with Crippen LogP contribution >= 0.6 is 11.3 Å². The van der Waals surface area contributed by atoms with Gasteiger partial charge in [-0.3, -0.25) is 0 Å². The van der Waals surface area contributed by atoms with E-state index in [4.69, 9.17) is 0 Å². The average molecular weight is 687 g/mol. The maximum Gasteiger partial charge on any atom is -0.172 e. The van der Waals surface area contributed by atoms with Crippen molar-refractivity contribution in [2.24, 2.45) is 0 Å². The summed E-state index contributed by atoms with van der Waals surface area (Å²) in [6, 6.07) is 29.7. The van der Waals surface area contributed by atoms with Crippen LogP contribution in [0.2, 0.25) is 0 Å². The van der Waals surface area contributed by atoms with Gasteiger partial charge in [0.05, 0.1) is 0 Å². The fraction of sp³-hybridized carbons (Fsp3) is 0.389. The fourth-order valence-corrected chi connectivity index (χ4v) is 6.75. The van der Waals surface area contributed by atoms with E-state index in [1.165, 1.54) is 86.3 Å². The van der Waals surface area contributed by atoms with Crippen molar-refractivity contribution in [2.45, 2.75) is 91.9 Å². The molecule has 0 radical (unpaired) electrons. The molecule has 0 aliphatic heterocycles. The summed E-state index contributed by atoms with van der Waals surface area (Å²) in [5.74, 6) is 0. The number of unbranched alkanes of at least 4 members (excludes halogenated alkanes) is 1. The van der Waals surface area contributed by atoms with E-state index in [9.17, 15) is 0 Å². The van der Waals surface area contributed by atoms with E-state index in [0.29, 0.717) is 0 Å². The minimum atomic E-state index is 0.167. The predicted octanol–water partition coefficient (Wildman–Crippen LogP) is 10.4. The second-order valence-electron chi connectivity index (χ2n) is 12.3. The smallest absolute Gasteiger partial charge is 0.172 e. The molecule has 4 aromatic rings. The SMILES string of the molecule is CC(C)(C)c1[c-]c2c(cc1)-c1ccc(C(C)(C)C)cc1C2.CCCC[C](=[Hf+2])c1ccc(C)s1.c1cc[cH-]c1. The van der Waals surface area contributed by atoms with Crippen LogP contribution < -0.4 is 0 Å². The summed E-state index contributed by atoms with van der Waals surface area (Å²) in [5.41, 5.74) is 8.70. The van der Waals surface area contributed by atoms with Crippen LogP contribution in [0.25, 0.3) is 11.1 Å². The minimum absolute atomic E-state index is 0.167. The van der Waals surface area contributed by atoms with Crippen LogP contribution in [0.4, 0.5) is 0 Å². The number of thiophene rings is 1. The Balaban J connectivity index is 0.000000197. The summed E-state index contributed by atoms with van der Waals surface area (Å²) in [6.07, 6.45) is 5.02. The van der Waals surface area contributed by atoms with Crippen molar-refractivity contribution in [1.82, 2.24) is 0 Å². The molecule has 0 spiro atoms. The monoisotopic (exact) mass is 688 g/mol. The molecule has 3 aromatic carbocycles. The molecular weight excluding hydrogens is 643 g/mol. The third kappa shape index (κ3) is 8.62. The van der Waals surface area contributed by atoms with Gasteiger partial charge < -0.3 is 0 Å². The van der Waals surface area contributed by atoms with Gasteiger partial charge in [-0.1, -0.05) is 65.3 Å². The van der Waals surface area contributed by atoms with Gasteiger partial charge in [0, 0.05) is 0 Å². The zero-order valence-corrected chi connectivity index (χ0v) is 29.1. The minimum Gasteiger partial charge on any atom is -0.214 e. The van der Waals surface area contributed by atoms with E-state index in [2.05, 4.69) is 104 Å². The van der Waals surface area contributed by atoms with Crippen LogP contribution in [0.1, 0.15) is 99.7 Å². The summed E-state index contributed by atoms with van der Waals surface area (Å²) in [7, 11) is 0. The number of aryl methyl sites for hydroxylation is 1. The first kappa shape index (κ1) is 30.8. The van der Waals surface area contributed by atoms with Crippen molar-refractivity contribution in [1.29, 1.82) is 0 Å². The van der Waals surface area contributed by atoms with Gasteiger partial charge in [0.15, 0.2) is 0 Å². The van der Waals surface area contributed by atoms with Gasteiger partial charge >= 0.3 is 93.5 Å². The molecule has 0 nitrogen and oxygen atoms in total. The molecule has 1 aliphatic rings. The van der Waals surface area contributed by atoms with E-state index >= 15 is 0 Å². The van der Waals surface area contributed by atoms with Crippen molar-refractivity contribution in [2.75, 3.05) is 0 Å². The molecule has 1 aliphatic carbocycles. The van der Waals surface area contributed by atoms with Gasteiger partial charge in [-0.15, -0.1) is 11.1 Å². The topological polar surface area (TPSA) is 0 Å². The molecule has 0 saturated carbocycles. The first-order valence-corrected chi connectivity index (χ1v) is 16.5. The summed E-state index contributed by atoms with van der Waals surface area (Å²) in [4.78, 5) is 2.97. The molecule has 0 amide bonds. The van der Waals surface area contributed by atoms with Crippen LogP contribution in [0, 0.1) is 13.0 Å². The Hall–Kier alpha value is -1.77. The van der Waals surface area contributed by atoms with Crippen molar-refractivity contribution in [3.8, 4) is 11.1 Å². The predicted molar refractivity (Wildman–Crippen MR) is 166 cm³/mol. The van der Waals surface area contributed by atoms with E-state index in [1.807, 2.05) is 41.7 Å². The fourth-order valence-electron chi connectivity index (χ4n) is 4.42. The van der Waals surface area contributed by atoms with Gasteiger partial charge in [0.1, 0.15) is 0 Å². The Kier molecular flexibility index (Phi) is 11.0. The summed E-state index contributed by atoms with van der Waals surface area (Å²) in [5, 5.41) is 0. The standard InChI is InChI=1S/C21H25.C10H14S.C5H5.Hf/c1-20(2,3)16-7-9-18-14(12-16)11-15-13-17(21(4,5)6)8-10-19(15)18;1-3-4-5-6-10-8-7-9(2)11-10;1-2-4-5-3-1;/h7-10,12H,11H2,1-6H3;7-8H,3-5H2,1-2H3;1-5H;/q-1;;-1;+2. The van der Waals surface area contributed by atoms with Crippen molar-refractivity contribution < 1.29 is 23.9 Å². The van der Waals surface area contributed by atoms with Crippen molar-refractivity contribution in [3.63, 3.8) is 0 Å². The first-order valence-electron chi connectivity index (χ1n) is 13.9. The molecule has 2 heteroatoms. The van der Waals surface area contributed by atoms with Gasteiger partial charge in [0.2, 0.25) is 0 Å². The molecule has 0 N–H and O–H groups in total. The Morgan fingerprint density at radius 3 is 2.13 bits per heavy atom. The van der Waals surface area contributed by atoms with Gasteiger partial charge in [-0.2, -0.15) is 42.0 Å². The molecule has 38 heavy (non-hydrogen) atoms. The molecule has 0 saturated heterocycles. The molecule has 0 unspecified atom stereocenters. The number of fused-ring (bicyclic) bond motifs is 3. The Bertz CT molecular complexity index is 1230. The normalized spacial score (nSPS) is 12.1. The molecule has 0 atom stereocenters. The quantitative estimate of drug-likeness (QED) is 0.130. The Morgan fingerprint density at radius 2 is 1.61 bits per heavy atom. The Labute approximate surface area is 251 Å². The zero-order valence-electron chi connectivity index (χ0n) is 24.7. The van der Waals surface area contributed by atoms with Crippen LogP contribution in [0.5, 0.6) is 0 Å². The summed E-state index contributed by atoms with van der Waals surface area (Å²) >= 11 is 3.18. The number of hydrogen-bond donors (Lipinski definition) is 0. The molecule has 0 bridgehead atoms.